The third-order valence-corrected chi connectivity index (χ3v) is 6.58. The Balaban J connectivity index is 2.04. The number of esters is 4. The third-order valence-electron chi connectivity index (χ3n) is 6.58. The average molecular weight is 575 g/mol. The number of aryl methyl sites for hydroxylation is 2. The molecule has 0 bridgehead atoms. The number of rotatable bonds is 11. The van der Waals surface area contributed by atoms with Crippen LogP contribution in [0.1, 0.15) is 63.9 Å². The average Bonchev–Trinajstić information content (AvgIpc) is 3.19. The Morgan fingerprint density at radius 1 is 0.829 bits per heavy atom. The summed E-state index contributed by atoms with van der Waals surface area (Å²) >= 11 is 0. The number of carbonyl (C=O) groups is 4. The van der Waals surface area contributed by atoms with Crippen LogP contribution in [0.25, 0.3) is 0 Å². The van der Waals surface area contributed by atoms with Crippen LogP contribution in [0.2, 0.25) is 0 Å². The maximum absolute atomic E-state index is 12.2. The van der Waals surface area contributed by atoms with Crippen LogP contribution >= 0.6 is 0 Å². The van der Waals surface area contributed by atoms with Crippen LogP contribution in [0.3, 0.4) is 0 Å². The maximum atomic E-state index is 12.2. The van der Waals surface area contributed by atoms with Crippen LogP contribution in [-0.2, 0) is 62.2 Å². The summed E-state index contributed by atoms with van der Waals surface area (Å²) in [6.45, 7) is 10.9. The molecule has 0 radical (unpaired) electrons. The van der Waals surface area contributed by atoms with Gasteiger partial charge < -0.3 is 28.4 Å². The molecule has 1 aromatic heterocycles. The van der Waals surface area contributed by atoms with Crippen LogP contribution in [0.5, 0.6) is 5.88 Å². The SMILES string of the molecule is CCc1ccc(Cc2c(O[C@@H]3O[C@H](COC(C)=O)[C@@H](OC(C)=O)[C@H](OC(C)=O)[C@H]3OC(C)=O)nn(CC)c2C)cc1. The number of ether oxygens (including phenoxy) is 6. The molecule has 1 aliphatic rings. The standard InChI is InChI=1S/C29H38N2O10/c1-8-21-10-12-22(13-11-21)14-23-16(3)31(9-2)30-28(23)41-29-27(39-20(7)35)26(38-19(6)34)25(37-18(5)33)24(40-29)15-36-17(4)32/h10-13,24-27,29H,8-9,14-15H2,1-7H3/t24-,25-,26+,27-,29+/m1/s1. The second-order valence-electron chi connectivity index (χ2n) is 9.72. The second-order valence-corrected chi connectivity index (χ2v) is 9.72. The van der Waals surface area contributed by atoms with Gasteiger partial charge in [-0.3, -0.25) is 23.9 Å². The van der Waals surface area contributed by atoms with Crippen molar-refractivity contribution in [3.63, 3.8) is 0 Å². The van der Waals surface area contributed by atoms with Crippen molar-refractivity contribution in [2.75, 3.05) is 6.61 Å². The highest BCUT2D eigenvalue weighted by Crippen LogP contribution is 2.33. The quantitative estimate of drug-likeness (QED) is 0.289. The molecule has 224 valence electrons. The minimum atomic E-state index is -1.36. The molecule has 12 nitrogen and oxygen atoms in total. The molecular weight excluding hydrogens is 536 g/mol. The number of carbonyl (C=O) groups excluding carboxylic acids is 4. The second kappa shape index (κ2) is 14.1. The van der Waals surface area contributed by atoms with Crippen LogP contribution in [0.15, 0.2) is 24.3 Å². The monoisotopic (exact) mass is 574 g/mol. The summed E-state index contributed by atoms with van der Waals surface area (Å²) in [6.07, 6.45) is -5.02. The predicted octanol–water partition coefficient (Wildman–Crippen LogP) is 2.83. The topological polar surface area (TPSA) is 141 Å². The molecule has 1 aliphatic heterocycles. The van der Waals surface area contributed by atoms with Crippen LogP contribution in [-0.4, -0.2) is 71.0 Å². The van der Waals surface area contributed by atoms with E-state index in [9.17, 15) is 19.2 Å². The Bertz CT molecular complexity index is 1240. The van der Waals surface area contributed by atoms with E-state index in [2.05, 4.69) is 24.2 Å². The molecule has 2 aromatic rings. The first-order valence-electron chi connectivity index (χ1n) is 13.5. The van der Waals surface area contributed by atoms with E-state index >= 15 is 0 Å². The molecule has 1 aromatic carbocycles. The van der Waals surface area contributed by atoms with Crippen LogP contribution in [0.4, 0.5) is 0 Å². The van der Waals surface area contributed by atoms with Gasteiger partial charge in [0.05, 0.1) is 0 Å². The summed E-state index contributed by atoms with van der Waals surface area (Å²) in [5.74, 6) is -2.52. The first-order chi connectivity index (χ1) is 19.4. The van der Waals surface area contributed by atoms with E-state index < -0.39 is 54.6 Å². The first-order valence-corrected chi connectivity index (χ1v) is 13.5. The highest BCUT2D eigenvalue weighted by atomic mass is 16.7. The largest absolute Gasteiger partial charge is 0.463 e. The number of hydrogen-bond acceptors (Lipinski definition) is 11. The van der Waals surface area contributed by atoms with E-state index in [-0.39, 0.29) is 12.5 Å². The Hall–Kier alpha value is -3.93. The van der Waals surface area contributed by atoms with Crippen molar-refractivity contribution in [2.45, 2.75) is 98.6 Å². The van der Waals surface area contributed by atoms with Gasteiger partial charge in [0.15, 0.2) is 12.2 Å². The van der Waals surface area contributed by atoms with Crippen molar-refractivity contribution in [3.8, 4) is 5.88 Å². The van der Waals surface area contributed by atoms with Gasteiger partial charge in [-0.25, -0.2) is 0 Å². The van der Waals surface area contributed by atoms with E-state index in [0.29, 0.717) is 13.0 Å². The zero-order valence-corrected chi connectivity index (χ0v) is 24.5. The predicted molar refractivity (Wildman–Crippen MR) is 144 cm³/mol. The normalized spacial score (nSPS) is 22.0. The van der Waals surface area contributed by atoms with E-state index in [4.69, 9.17) is 28.4 Å². The van der Waals surface area contributed by atoms with Crippen molar-refractivity contribution >= 4 is 23.9 Å². The van der Waals surface area contributed by atoms with Gasteiger partial charge in [-0.2, -0.15) is 0 Å². The highest BCUT2D eigenvalue weighted by molar-refractivity contribution is 5.68. The lowest BCUT2D eigenvalue weighted by Gasteiger charge is -2.43. The highest BCUT2D eigenvalue weighted by Gasteiger charge is 2.53. The molecule has 12 heteroatoms. The Morgan fingerprint density at radius 2 is 1.39 bits per heavy atom. The van der Waals surface area contributed by atoms with Gasteiger partial charge in [0.1, 0.15) is 12.7 Å². The summed E-state index contributed by atoms with van der Waals surface area (Å²) < 4.78 is 35.7. The van der Waals surface area contributed by atoms with Gasteiger partial charge in [-0.05, 0) is 31.4 Å². The van der Waals surface area contributed by atoms with Gasteiger partial charge in [-0.15, -0.1) is 5.10 Å². The minimum absolute atomic E-state index is 0.227. The molecular formula is C29H38N2O10. The van der Waals surface area contributed by atoms with Gasteiger partial charge in [0.25, 0.3) is 0 Å². The Labute approximate surface area is 239 Å². The lowest BCUT2D eigenvalue weighted by molar-refractivity contribution is -0.289. The lowest BCUT2D eigenvalue weighted by atomic mass is 9.98. The molecule has 0 spiro atoms. The van der Waals surface area contributed by atoms with Gasteiger partial charge in [-0.1, -0.05) is 31.2 Å². The van der Waals surface area contributed by atoms with Crippen molar-refractivity contribution in [3.05, 3.63) is 46.6 Å². The summed E-state index contributed by atoms with van der Waals surface area (Å²) in [5.41, 5.74) is 3.90. The molecule has 3 rings (SSSR count). The van der Waals surface area contributed by atoms with Gasteiger partial charge in [0.2, 0.25) is 18.3 Å². The molecule has 5 atom stereocenters. The molecule has 0 amide bonds. The summed E-state index contributed by atoms with van der Waals surface area (Å²) in [6, 6.07) is 8.21. The molecule has 0 aliphatic carbocycles. The fourth-order valence-electron chi connectivity index (χ4n) is 4.65. The maximum Gasteiger partial charge on any atom is 0.303 e. The molecule has 1 fully saturated rings. The molecule has 0 N–H and O–H groups in total. The Morgan fingerprint density at radius 3 is 1.93 bits per heavy atom. The zero-order chi connectivity index (χ0) is 30.3. The fraction of sp³-hybridized carbons (Fsp3) is 0.552. The van der Waals surface area contributed by atoms with E-state index in [1.807, 2.05) is 26.0 Å². The summed E-state index contributed by atoms with van der Waals surface area (Å²) in [4.78, 5) is 47.9. The fourth-order valence-corrected chi connectivity index (χ4v) is 4.65. The molecule has 0 saturated carbocycles. The van der Waals surface area contributed by atoms with E-state index in [1.165, 1.54) is 19.4 Å². The van der Waals surface area contributed by atoms with Crippen LogP contribution < -0.4 is 4.74 Å². The lowest BCUT2D eigenvalue weighted by Crippen LogP contribution is -2.63. The minimum Gasteiger partial charge on any atom is -0.463 e. The van der Waals surface area contributed by atoms with E-state index in [1.54, 1.807) is 4.68 Å². The van der Waals surface area contributed by atoms with Crippen LogP contribution in [0, 0.1) is 6.92 Å². The number of aromatic nitrogens is 2. The number of hydrogen-bond donors (Lipinski definition) is 0. The molecule has 0 unspecified atom stereocenters. The molecule has 41 heavy (non-hydrogen) atoms. The molecule has 2 heterocycles. The smallest absolute Gasteiger partial charge is 0.303 e. The molecule has 1 saturated heterocycles. The van der Waals surface area contributed by atoms with Crippen molar-refractivity contribution < 1.29 is 47.6 Å². The van der Waals surface area contributed by atoms with Gasteiger partial charge in [0, 0.05) is 51.9 Å². The van der Waals surface area contributed by atoms with Crippen molar-refractivity contribution in [1.29, 1.82) is 0 Å². The third kappa shape index (κ3) is 8.29. The van der Waals surface area contributed by atoms with Crippen molar-refractivity contribution in [2.24, 2.45) is 0 Å². The summed E-state index contributed by atoms with van der Waals surface area (Å²) in [7, 11) is 0. The Kier molecular flexibility index (Phi) is 10.9. The number of benzene rings is 1. The van der Waals surface area contributed by atoms with Gasteiger partial charge >= 0.3 is 23.9 Å². The zero-order valence-electron chi connectivity index (χ0n) is 24.5. The first kappa shape index (κ1) is 31.6. The summed E-state index contributed by atoms with van der Waals surface area (Å²) in [5, 5.41) is 4.61. The number of nitrogens with zero attached hydrogens (tertiary/aromatic N) is 2. The van der Waals surface area contributed by atoms with Crippen molar-refractivity contribution in [1.82, 2.24) is 9.78 Å². The van der Waals surface area contributed by atoms with E-state index in [0.717, 1.165) is 37.1 Å².